The Balaban J connectivity index is 1.36. The smallest absolute Gasteiger partial charge is 0.260 e. The van der Waals surface area contributed by atoms with E-state index in [0.29, 0.717) is 36.1 Å². The lowest BCUT2D eigenvalue weighted by atomic mass is 9.96. The number of carbonyl (C=O) groups is 1. The molecule has 1 aliphatic heterocycles. The van der Waals surface area contributed by atoms with Crippen LogP contribution in [0.4, 0.5) is 0 Å². The largest absolute Gasteiger partial charge is 0.493 e. The molecule has 4 rings (SSSR count). The molecule has 0 aliphatic carbocycles. The van der Waals surface area contributed by atoms with Gasteiger partial charge in [-0.05, 0) is 37.5 Å². The van der Waals surface area contributed by atoms with Gasteiger partial charge in [0.2, 0.25) is 0 Å². The van der Waals surface area contributed by atoms with Gasteiger partial charge in [0.25, 0.3) is 11.5 Å². The summed E-state index contributed by atoms with van der Waals surface area (Å²) in [5.74, 6) is 1.85. The van der Waals surface area contributed by atoms with Crippen molar-refractivity contribution in [2.45, 2.75) is 25.7 Å². The van der Waals surface area contributed by atoms with Crippen LogP contribution in [0.3, 0.4) is 0 Å². The van der Waals surface area contributed by atoms with E-state index in [4.69, 9.17) is 9.47 Å². The first kappa shape index (κ1) is 21.0. The number of hydrogen-bond acceptors (Lipinski definition) is 7. The molecular weight excluding hydrogens is 416 g/mol. The lowest BCUT2D eigenvalue weighted by molar-refractivity contribution is -0.134. The molecule has 3 aromatic rings. The summed E-state index contributed by atoms with van der Waals surface area (Å²) in [5.41, 5.74) is 1.46. The zero-order valence-electron chi connectivity index (χ0n) is 17.5. The number of amides is 1. The van der Waals surface area contributed by atoms with Crippen LogP contribution >= 0.6 is 11.3 Å². The van der Waals surface area contributed by atoms with Gasteiger partial charge in [-0.15, -0.1) is 11.3 Å². The van der Waals surface area contributed by atoms with Crippen molar-refractivity contribution in [1.29, 1.82) is 0 Å². The number of thiazole rings is 1. The molecule has 1 amide bonds. The van der Waals surface area contributed by atoms with Crippen molar-refractivity contribution in [2.24, 2.45) is 0 Å². The molecule has 0 saturated carbocycles. The fourth-order valence-electron chi connectivity index (χ4n) is 3.66. The maximum absolute atomic E-state index is 12.6. The van der Waals surface area contributed by atoms with Gasteiger partial charge in [-0.3, -0.25) is 9.59 Å². The van der Waals surface area contributed by atoms with Gasteiger partial charge in [-0.1, -0.05) is 6.07 Å². The zero-order chi connectivity index (χ0) is 21.8. The van der Waals surface area contributed by atoms with Crippen molar-refractivity contribution < 1.29 is 14.3 Å². The van der Waals surface area contributed by atoms with Crippen LogP contribution in [0.5, 0.6) is 11.5 Å². The fraction of sp³-hybridized carbons (Fsp3) is 0.364. The Morgan fingerprint density at radius 2 is 2.06 bits per heavy atom. The topological polar surface area (TPSA) is 97.4 Å². The highest BCUT2D eigenvalue weighted by molar-refractivity contribution is 7.13. The Morgan fingerprint density at radius 3 is 2.77 bits per heavy atom. The highest BCUT2D eigenvalue weighted by atomic mass is 32.1. The number of ether oxygens (including phenoxy) is 2. The fourth-order valence-corrected chi connectivity index (χ4v) is 4.25. The number of benzene rings is 1. The van der Waals surface area contributed by atoms with Crippen molar-refractivity contribution in [3.05, 3.63) is 57.6 Å². The van der Waals surface area contributed by atoms with Gasteiger partial charge >= 0.3 is 0 Å². The molecule has 31 heavy (non-hydrogen) atoms. The predicted molar refractivity (Wildman–Crippen MR) is 118 cm³/mol. The third-order valence-electron chi connectivity index (χ3n) is 5.32. The quantitative estimate of drug-likeness (QED) is 0.633. The Bertz CT molecular complexity index is 1100. The normalized spacial score (nSPS) is 14.5. The number of methoxy groups -OCH3 is 1. The minimum absolute atomic E-state index is 0.0430. The number of likely N-dealkylation sites (tertiary alicyclic amines) is 1. The molecule has 162 valence electrons. The summed E-state index contributed by atoms with van der Waals surface area (Å²) in [7, 11) is 1.58. The molecule has 1 aromatic carbocycles. The van der Waals surface area contributed by atoms with Crippen LogP contribution < -0.4 is 15.0 Å². The predicted octanol–water partition coefficient (Wildman–Crippen LogP) is 3.00. The second-order valence-electron chi connectivity index (χ2n) is 7.45. The summed E-state index contributed by atoms with van der Waals surface area (Å²) in [4.78, 5) is 38.2. The van der Waals surface area contributed by atoms with E-state index in [0.717, 1.165) is 23.4 Å². The van der Waals surface area contributed by atoms with Gasteiger partial charge in [-0.25, -0.2) is 9.97 Å². The first-order valence-electron chi connectivity index (χ1n) is 10.1. The Hall–Kier alpha value is -3.20. The number of rotatable bonds is 6. The monoisotopic (exact) mass is 440 g/mol. The summed E-state index contributed by atoms with van der Waals surface area (Å²) in [6.45, 7) is 3.10. The van der Waals surface area contributed by atoms with E-state index in [-0.39, 0.29) is 24.0 Å². The second-order valence-corrected chi connectivity index (χ2v) is 8.35. The van der Waals surface area contributed by atoms with Gasteiger partial charge in [0.15, 0.2) is 18.1 Å². The Labute approximate surface area is 183 Å². The highest BCUT2D eigenvalue weighted by Crippen LogP contribution is 2.29. The third-order valence-corrected chi connectivity index (χ3v) is 6.11. The molecule has 9 heteroatoms. The molecule has 1 aliphatic rings. The van der Waals surface area contributed by atoms with Crippen LogP contribution in [-0.4, -0.2) is 52.6 Å². The highest BCUT2D eigenvalue weighted by Gasteiger charge is 2.26. The van der Waals surface area contributed by atoms with E-state index in [9.17, 15) is 9.59 Å². The Morgan fingerprint density at radius 1 is 1.26 bits per heavy atom. The first-order chi connectivity index (χ1) is 15.0. The van der Waals surface area contributed by atoms with Crippen LogP contribution in [-0.2, 0) is 4.79 Å². The zero-order valence-corrected chi connectivity index (χ0v) is 18.3. The number of H-pyrrole nitrogens is 1. The molecule has 8 nitrogen and oxygen atoms in total. The molecule has 0 atom stereocenters. The lowest BCUT2D eigenvalue weighted by Crippen LogP contribution is -2.41. The standard InChI is InChI=1S/C22H24N4O4S/c1-14-3-4-17(18(11-14)29-2)30-13-20(28)26-8-5-15(6-9-26)21-24-16(12-19(27)25-21)22-23-7-10-31-22/h3-4,7,10-12,15H,5-6,8-9,13H2,1-2H3,(H,24,25,27). The molecule has 1 fully saturated rings. The Kier molecular flexibility index (Phi) is 6.31. The molecule has 1 N–H and O–H groups in total. The van der Waals surface area contributed by atoms with Gasteiger partial charge in [-0.2, -0.15) is 0 Å². The minimum atomic E-state index is -0.186. The second kappa shape index (κ2) is 9.30. The average Bonchev–Trinajstić information content (AvgIpc) is 3.33. The molecule has 0 bridgehead atoms. The van der Waals surface area contributed by atoms with Crippen molar-refractivity contribution >= 4 is 17.2 Å². The molecular formula is C22H24N4O4S. The van der Waals surface area contributed by atoms with Gasteiger partial charge < -0.3 is 19.4 Å². The molecule has 2 aromatic heterocycles. The number of piperidine rings is 1. The van der Waals surface area contributed by atoms with Crippen LogP contribution in [0.25, 0.3) is 10.7 Å². The van der Waals surface area contributed by atoms with E-state index in [1.54, 1.807) is 18.2 Å². The summed E-state index contributed by atoms with van der Waals surface area (Å²) in [6.07, 6.45) is 3.15. The molecule has 1 saturated heterocycles. The van der Waals surface area contributed by atoms with Gasteiger partial charge in [0.05, 0.1) is 7.11 Å². The number of aryl methyl sites for hydroxylation is 1. The van der Waals surface area contributed by atoms with Crippen LogP contribution in [0, 0.1) is 6.92 Å². The number of nitrogens with zero attached hydrogens (tertiary/aromatic N) is 3. The van der Waals surface area contributed by atoms with Crippen LogP contribution in [0.1, 0.15) is 30.1 Å². The maximum Gasteiger partial charge on any atom is 0.260 e. The number of nitrogens with one attached hydrogen (secondary N) is 1. The van der Waals surface area contributed by atoms with E-state index in [1.807, 2.05) is 30.5 Å². The van der Waals surface area contributed by atoms with E-state index in [2.05, 4.69) is 15.0 Å². The summed E-state index contributed by atoms with van der Waals surface area (Å²) in [6, 6.07) is 7.07. The number of aromatic amines is 1. The number of aromatic nitrogens is 3. The summed E-state index contributed by atoms with van der Waals surface area (Å²) >= 11 is 1.45. The molecule has 3 heterocycles. The third kappa shape index (κ3) is 4.93. The lowest BCUT2D eigenvalue weighted by Gasteiger charge is -2.31. The van der Waals surface area contributed by atoms with E-state index in [1.165, 1.54) is 17.4 Å². The van der Waals surface area contributed by atoms with Crippen molar-refractivity contribution in [2.75, 3.05) is 26.8 Å². The number of carbonyl (C=O) groups excluding carboxylic acids is 1. The average molecular weight is 441 g/mol. The van der Waals surface area contributed by atoms with E-state index >= 15 is 0 Å². The molecule has 0 radical (unpaired) electrons. The van der Waals surface area contributed by atoms with Crippen molar-refractivity contribution in [3.63, 3.8) is 0 Å². The van der Waals surface area contributed by atoms with Crippen molar-refractivity contribution in [3.8, 4) is 22.2 Å². The SMILES string of the molecule is COc1cc(C)ccc1OCC(=O)N1CCC(c2nc(-c3nccs3)cc(=O)[nH]2)CC1. The minimum Gasteiger partial charge on any atom is -0.493 e. The number of hydrogen-bond donors (Lipinski definition) is 1. The van der Waals surface area contributed by atoms with Gasteiger partial charge in [0, 0.05) is 36.7 Å². The van der Waals surface area contributed by atoms with Crippen molar-refractivity contribution in [1.82, 2.24) is 19.9 Å². The molecule has 0 unspecified atom stereocenters. The first-order valence-corrected chi connectivity index (χ1v) is 11.0. The summed E-state index contributed by atoms with van der Waals surface area (Å²) < 4.78 is 11.0. The molecule has 0 spiro atoms. The van der Waals surface area contributed by atoms with E-state index < -0.39 is 0 Å². The summed E-state index contributed by atoms with van der Waals surface area (Å²) in [5, 5.41) is 2.58. The van der Waals surface area contributed by atoms with Crippen LogP contribution in [0.15, 0.2) is 40.6 Å². The maximum atomic E-state index is 12.6. The van der Waals surface area contributed by atoms with Crippen LogP contribution in [0.2, 0.25) is 0 Å². The van der Waals surface area contributed by atoms with Gasteiger partial charge in [0.1, 0.15) is 16.5 Å².